The monoisotopic (exact) mass is 268 g/mol. The molecule has 1 saturated carbocycles. The van der Waals surface area contributed by atoms with Gasteiger partial charge in [-0.05, 0) is 36.1 Å². The van der Waals surface area contributed by atoms with Gasteiger partial charge in [-0.2, -0.15) is 5.10 Å². The summed E-state index contributed by atoms with van der Waals surface area (Å²) < 4.78 is 0. The first kappa shape index (κ1) is 11.7. The Labute approximate surface area is 117 Å². The maximum absolute atomic E-state index is 12.1. The summed E-state index contributed by atoms with van der Waals surface area (Å²) >= 11 is 0. The number of amides is 1. The molecule has 0 unspecified atom stereocenters. The average molecular weight is 268 g/mol. The van der Waals surface area contributed by atoms with Crippen molar-refractivity contribution in [3.05, 3.63) is 47.3 Å². The lowest BCUT2D eigenvalue weighted by Crippen LogP contribution is -2.19. The number of benzene rings is 1. The molecule has 0 atom stereocenters. The molecule has 102 valence electrons. The molecule has 0 saturated heterocycles. The van der Waals surface area contributed by atoms with Crippen molar-refractivity contribution in [2.45, 2.75) is 32.0 Å². The lowest BCUT2D eigenvalue weighted by atomic mass is 10.1. The molecule has 1 amide bonds. The fraction of sp³-hybridized carbons (Fsp3) is 0.333. The third-order valence-corrected chi connectivity index (χ3v) is 4.06. The van der Waals surface area contributed by atoms with Gasteiger partial charge in [-0.3, -0.25) is 14.8 Å². The quantitative estimate of drug-likeness (QED) is 0.896. The van der Waals surface area contributed by atoms with E-state index < -0.39 is 0 Å². The number of rotatable bonds is 3. The van der Waals surface area contributed by atoms with E-state index in [1.165, 1.54) is 24.0 Å². The Morgan fingerprint density at radius 1 is 1.30 bits per heavy atom. The fourth-order valence-corrected chi connectivity index (χ4v) is 2.83. The van der Waals surface area contributed by atoms with Gasteiger partial charge in [-0.25, -0.2) is 0 Å². The van der Waals surface area contributed by atoms with Crippen LogP contribution in [0.25, 0.3) is 0 Å². The van der Waals surface area contributed by atoms with Crippen molar-refractivity contribution >= 4 is 11.6 Å². The van der Waals surface area contributed by atoms with Gasteiger partial charge in [0.1, 0.15) is 5.69 Å². The largest absolute Gasteiger partial charge is 0.320 e. The summed E-state index contributed by atoms with van der Waals surface area (Å²) in [5.74, 6) is -0.138. The number of carbonyl (C=O) groups is 1. The van der Waals surface area contributed by atoms with E-state index in [0.29, 0.717) is 5.69 Å². The molecular formula is C15H16N4O. The van der Waals surface area contributed by atoms with E-state index in [1.54, 1.807) is 12.3 Å². The van der Waals surface area contributed by atoms with Gasteiger partial charge in [0.25, 0.3) is 5.91 Å². The summed E-state index contributed by atoms with van der Waals surface area (Å²) in [6.07, 6.45) is 4.20. The minimum atomic E-state index is -0.138. The van der Waals surface area contributed by atoms with E-state index in [-0.39, 0.29) is 5.91 Å². The molecule has 5 nitrogen and oxygen atoms in total. The van der Waals surface area contributed by atoms with E-state index in [9.17, 15) is 4.79 Å². The Balaban J connectivity index is 1.58. The predicted molar refractivity (Wildman–Crippen MR) is 75.3 cm³/mol. The smallest absolute Gasteiger partial charge is 0.273 e. The third-order valence-electron chi connectivity index (χ3n) is 4.06. The van der Waals surface area contributed by atoms with Crippen LogP contribution in [0.15, 0.2) is 30.5 Å². The highest BCUT2D eigenvalue weighted by atomic mass is 16.1. The average Bonchev–Trinajstić information content (AvgIpc) is 3.00. The van der Waals surface area contributed by atoms with Crippen LogP contribution in [0.3, 0.4) is 0 Å². The number of aromatic nitrogens is 2. The summed E-state index contributed by atoms with van der Waals surface area (Å²) in [6.45, 7) is 1.95. The minimum absolute atomic E-state index is 0.138. The molecule has 2 heterocycles. The Hall–Kier alpha value is -2.14. The standard InChI is InChI=1S/C15H16N4O/c20-15(14-6-7-16-18-14)17-13-3-1-2-10-8-19(9-12(10)13)11-4-5-11/h1-3,6-7,11H,4-5,8-9H2,(H,16,18)(H,17,20). The van der Waals surface area contributed by atoms with Crippen LogP contribution in [-0.2, 0) is 13.1 Å². The van der Waals surface area contributed by atoms with Gasteiger partial charge in [0.2, 0.25) is 0 Å². The predicted octanol–water partition coefficient (Wildman–Crippen LogP) is 2.14. The van der Waals surface area contributed by atoms with Crippen LogP contribution in [0.5, 0.6) is 0 Å². The summed E-state index contributed by atoms with van der Waals surface area (Å²) in [6, 6.07) is 8.57. The third kappa shape index (κ3) is 2.00. The van der Waals surface area contributed by atoms with Crippen LogP contribution in [0.4, 0.5) is 5.69 Å². The number of fused-ring (bicyclic) bond motifs is 1. The van der Waals surface area contributed by atoms with Gasteiger partial charge >= 0.3 is 0 Å². The minimum Gasteiger partial charge on any atom is -0.320 e. The van der Waals surface area contributed by atoms with E-state index in [2.05, 4.69) is 26.5 Å². The number of H-pyrrole nitrogens is 1. The molecule has 2 aromatic rings. The van der Waals surface area contributed by atoms with Gasteiger partial charge in [0, 0.05) is 31.0 Å². The highest BCUT2D eigenvalue weighted by Crippen LogP contribution is 2.37. The molecule has 20 heavy (non-hydrogen) atoms. The fourth-order valence-electron chi connectivity index (χ4n) is 2.83. The number of carbonyl (C=O) groups excluding carboxylic acids is 1. The van der Waals surface area contributed by atoms with Crippen LogP contribution < -0.4 is 5.32 Å². The van der Waals surface area contributed by atoms with Crippen molar-refractivity contribution in [3.63, 3.8) is 0 Å². The van der Waals surface area contributed by atoms with E-state index in [4.69, 9.17) is 0 Å². The zero-order valence-corrected chi connectivity index (χ0v) is 11.1. The van der Waals surface area contributed by atoms with Crippen LogP contribution in [0, 0.1) is 0 Å². The maximum Gasteiger partial charge on any atom is 0.273 e. The number of nitrogens with one attached hydrogen (secondary N) is 2. The molecule has 0 spiro atoms. The van der Waals surface area contributed by atoms with Crippen molar-refractivity contribution in [1.82, 2.24) is 15.1 Å². The Bertz CT molecular complexity index is 646. The summed E-state index contributed by atoms with van der Waals surface area (Å²) in [5.41, 5.74) is 4.00. The summed E-state index contributed by atoms with van der Waals surface area (Å²) in [5, 5.41) is 9.48. The molecule has 2 aliphatic rings. The topological polar surface area (TPSA) is 61.0 Å². The van der Waals surface area contributed by atoms with Crippen LogP contribution in [0.2, 0.25) is 0 Å². The first-order valence-electron chi connectivity index (χ1n) is 6.97. The van der Waals surface area contributed by atoms with Gasteiger partial charge in [0.15, 0.2) is 0 Å². The molecule has 5 heteroatoms. The zero-order valence-electron chi connectivity index (χ0n) is 11.1. The molecule has 1 aliphatic heterocycles. The number of hydrogen-bond acceptors (Lipinski definition) is 3. The molecular weight excluding hydrogens is 252 g/mol. The van der Waals surface area contributed by atoms with Crippen molar-refractivity contribution in [3.8, 4) is 0 Å². The second-order valence-electron chi connectivity index (χ2n) is 5.50. The van der Waals surface area contributed by atoms with E-state index in [1.807, 2.05) is 12.1 Å². The second-order valence-corrected chi connectivity index (χ2v) is 5.50. The van der Waals surface area contributed by atoms with Crippen molar-refractivity contribution in [2.75, 3.05) is 5.32 Å². The summed E-state index contributed by atoms with van der Waals surface area (Å²) in [4.78, 5) is 14.6. The lowest BCUT2D eigenvalue weighted by Gasteiger charge is -2.13. The molecule has 1 aromatic heterocycles. The molecule has 0 radical (unpaired) electrons. The van der Waals surface area contributed by atoms with Crippen molar-refractivity contribution in [2.24, 2.45) is 0 Å². The van der Waals surface area contributed by atoms with E-state index in [0.717, 1.165) is 24.8 Å². The normalized spacial score (nSPS) is 18.0. The molecule has 1 fully saturated rings. The number of nitrogens with zero attached hydrogens (tertiary/aromatic N) is 2. The highest BCUT2D eigenvalue weighted by molar-refractivity contribution is 6.03. The van der Waals surface area contributed by atoms with Gasteiger partial charge in [-0.15, -0.1) is 0 Å². The molecule has 0 bridgehead atoms. The van der Waals surface area contributed by atoms with Crippen LogP contribution >= 0.6 is 0 Å². The Morgan fingerprint density at radius 3 is 2.95 bits per heavy atom. The molecule has 1 aliphatic carbocycles. The second kappa shape index (κ2) is 4.45. The highest BCUT2D eigenvalue weighted by Gasteiger charge is 2.33. The number of aromatic amines is 1. The Kier molecular flexibility index (Phi) is 2.60. The van der Waals surface area contributed by atoms with Gasteiger partial charge < -0.3 is 5.32 Å². The Morgan fingerprint density at radius 2 is 2.20 bits per heavy atom. The summed E-state index contributed by atoms with van der Waals surface area (Å²) in [7, 11) is 0. The van der Waals surface area contributed by atoms with Crippen molar-refractivity contribution in [1.29, 1.82) is 0 Å². The van der Waals surface area contributed by atoms with E-state index >= 15 is 0 Å². The van der Waals surface area contributed by atoms with Crippen molar-refractivity contribution < 1.29 is 4.79 Å². The molecule has 4 rings (SSSR count). The molecule has 1 aromatic carbocycles. The molecule has 2 N–H and O–H groups in total. The van der Waals surface area contributed by atoms with Gasteiger partial charge in [-0.1, -0.05) is 12.1 Å². The maximum atomic E-state index is 12.1. The van der Waals surface area contributed by atoms with Gasteiger partial charge in [0.05, 0.1) is 0 Å². The number of anilines is 1. The number of hydrogen-bond donors (Lipinski definition) is 2. The first-order chi connectivity index (χ1) is 9.81. The van der Waals surface area contributed by atoms with Crippen LogP contribution in [0.1, 0.15) is 34.5 Å². The SMILES string of the molecule is O=C(Nc1cccc2c1CN(C1CC1)C2)c1ccn[nH]1. The van der Waals surface area contributed by atoms with Crippen LogP contribution in [-0.4, -0.2) is 27.0 Å². The lowest BCUT2D eigenvalue weighted by molar-refractivity contribution is 0.102. The first-order valence-corrected chi connectivity index (χ1v) is 6.97. The zero-order chi connectivity index (χ0) is 13.5.